The maximum absolute atomic E-state index is 11.1. The maximum atomic E-state index is 11.1. The van der Waals surface area contributed by atoms with E-state index < -0.39 is 22.3 Å². The van der Waals surface area contributed by atoms with Gasteiger partial charge in [-0.15, -0.1) is 0 Å². The molecule has 0 rings (SSSR count). The first-order chi connectivity index (χ1) is 11.4. The van der Waals surface area contributed by atoms with E-state index in [0.29, 0.717) is 6.42 Å². The van der Waals surface area contributed by atoms with Gasteiger partial charge in [-0.25, -0.2) is 0 Å². The fourth-order valence-electron chi connectivity index (χ4n) is 1.84. The second-order valence-electron chi connectivity index (χ2n) is 5.66. The highest BCUT2D eigenvalue weighted by molar-refractivity contribution is 7.58. The van der Waals surface area contributed by atoms with Crippen molar-refractivity contribution in [2.45, 2.75) is 46.5 Å². The van der Waals surface area contributed by atoms with Crippen LogP contribution in [-0.2, 0) is 18.0 Å². The summed E-state index contributed by atoms with van der Waals surface area (Å²) in [5.41, 5.74) is 3.28. The minimum absolute atomic E-state index is 0.439. The van der Waals surface area contributed by atoms with Crippen LogP contribution in [0.5, 0.6) is 0 Å². The lowest BCUT2D eigenvalue weighted by molar-refractivity contribution is -0.339. The lowest BCUT2D eigenvalue weighted by Crippen LogP contribution is -2.19. The summed E-state index contributed by atoms with van der Waals surface area (Å²) in [6.07, 6.45) is 10.6. The van der Waals surface area contributed by atoms with Crippen molar-refractivity contribution in [2.24, 2.45) is 0 Å². The van der Waals surface area contributed by atoms with Gasteiger partial charge in [-0.1, -0.05) is 47.6 Å². The van der Waals surface area contributed by atoms with Gasteiger partial charge < -0.3 is 23.8 Å². The molecule has 7 nitrogen and oxygen atoms in total. The Bertz CT molecular complexity index is 610. The number of phosphoric acid groups is 2. The first kappa shape index (κ1) is 24.2. The molecule has 0 aliphatic heterocycles. The zero-order valence-corrected chi connectivity index (χ0v) is 16.6. The molecule has 0 bridgehead atoms. The minimum Gasteiger partial charge on any atom is -0.790 e. The van der Waals surface area contributed by atoms with Crippen molar-refractivity contribution in [1.29, 1.82) is 0 Å². The molecule has 0 aromatic carbocycles. The van der Waals surface area contributed by atoms with Crippen LogP contribution in [0.1, 0.15) is 46.5 Å². The number of allylic oxidation sites excluding steroid dienone is 6. The summed E-state index contributed by atoms with van der Waals surface area (Å²) in [5.74, 6) is 0. The summed E-state index contributed by atoms with van der Waals surface area (Å²) in [6, 6.07) is 0. The van der Waals surface area contributed by atoms with E-state index in [1.54, 1.807) is 6.08 Å². The fourth-order valence-corrected chi connectivity index (χ4v) is 3.27. The van der Waals surface area contributed by atoms with Crippen LogP contribution < -0.4 is 14.7 Å². The molecule has 0 spiro atoms. The van der Waals surface area contributed by atoms with Gasteiger partial charge in [0.15, 0.2) is 0 Å². The van der Waals surface area contributed by atoms with E-state index in [0.717, 1.165) is 24.8 Å². The quantitative estimate of drug-likeness (QED) is 0.285. The normalized spacial score (nSPS) is 15.6. The van der Waals surface area contributed by atoms with E-state index in [4.69, 9.17) is 0 Å². The van der Waals surface area contributed by atoms with Crippen molar-refractivity contribution in [1.82, 2.24) is 0 Å². The molecule has 0 heterocycles. The highest BCUT2D eigenvalue weighted by atomic mass is 31.3. The molecule has 0 aromatic rings. The summed E-state index contributed by atoms with van der Waals surface area (Å²) in [5, 5.41) is 0. The van der Waals surface area contributed by atoms with E-state index in [-0.39, 0.29) is 0 Å². The predicted octanol–water partition coefficient (Wildman–Crippen LogP) is 2.90. The SMILES string of the molecule is C=C/C(=C\COP(=O)([O-])OP(=O)([O-])[O-])CC/C=C(\C)CCC=C(C)C. The van der Waals surface area contributed by atoms with Crippen LogP contribution in [0.3, 0.4) is 0 Å². The highest BCUT2D eigenvalue weighted by Gasteiger charge is 2.10. The average molecular weight is 391 g/mol. The summed E-state index contributed by atoms with van der Waals surface area (Å²) >= 11 is 0. The smallest absolute Gasteiger partial charge is 0.272 e. The first-order valence-corrected chi connectivity index (χ1v) is 10.7. The Morgan fingerprint density at radius 2 is 1.60 bits per heavy atom. The van der Waals surface area contributed by atoms with Crippen molar-refractivity contribution < 1.29 is 32.6 Å². The van der Waals surface area contributed by atoms with E-state index in [1.807, 2.05) is 0 Å². The van der Waals surface area contributed by atoms with Crippen LogP contribution in [0.25, 0.3) is 0 Å². The molecule has 1 unspecified atom stereocenters. The van der Waals surface area contributed by atoms with Gasteiger partial charge in [-0.05, 0) is 46.5 Å². The second kappa shape index (κ2) is 11.8. The Morgan fingerprint density at radius 1 is 1.00 bits per heavy atom. The largest absolute Gasteiger partial charge is 0.790 e. The third kappa shape index (κ3) is 15.2. The molecule has 0 aliphatic rings. The molecule has 1 atom stereocenters. The van der Waals surface area contributed by atoms with Crippen molar-refractivity contribution in [2.75, 3.05) is 6.61 Å². The van der Waals surface area contributed by atoms with Gasteiger partial charge in [0.2, 0.25) is 0 Å². The Morgan fingerprint density at radius 3 is 2.12 bits per heavy atom. The van der Waals surface area contributed by atoms with E-state index in [2.05, 4.69) is 48.3 Å². The zero-order valence-electron chi connectivity index (χ0n) is 14.8. The van der Waals surface area contributed by atoms with Crippen LogP contribution in [0.2, 0.25) is 0 Å². The van der Waals surface area contributed by atoms with Crippen LogP contribution in [0, 0.1) is 0 Å². The standard InChI is InChI=1S/C16H28O7P2/c1-5-16(11-7-10-15(4)9-6-8-14(2)3)12-13-22-25(20,21)23-24(17,18)19/h5,8,10,12H,1,6-7,9,11,13H2,2-4H3,(H,20,21)(H2,17,18,19)/p-3/b15-10+,16-12+. The predicted molar refractivity (Wildman–Crippen MR) is 92.2 cm³/mol. The molecule has 0 N–H and O–H groups in total. The lowest BCUT2D eigenvalue weighted by atomic mass is 10.1. The van der Waals surface area contributed by atoms with Crippen molar-refractivity contribution >= 4 is 15.6 Å². The summed E-state index contributed by atoms with van der Waals surface area (Å²) in [7, 11) is -10.8. The van der Waals surface area contributed by atoms with Gasteiger partial charge in [0, 0.05) is 0 Å². The lowest BCUT2D eigenvalue weighted by Gasteiger charge is -2.34. The summed E-state index contributed by atoms with van der Waals surface area (Å²) in [4.78, 5) is 31.7. The fraction of sp³-hybridized carbons (Fsp3) is 0.500. The minimum atomic E-state index is -5.66. The Labute approximate surface area is 149 Å². The van der Waals surface area contributed by atoms with Gasteiger partial charge in [0.25, 0.3) is 7.82 Å². The van der Waals surface area contributed by atoms with Crippen LogP contribution in [-0.4, -0.2) is 6.61 Å². The van der Waals surface area contributed by atoms with Gasteiger partial charge in [0.1, 0.15) is 0 Å². The van der Waals surface area contributed by atoms with E-state index >= 15 is 0 Å². The first-order valence-electron chi connectivity index (χ1n) is 7.74. The average Bonchev–Trinajstić information content (AvgIpc) is 2.42. The number of phosphoric ester groups is 1. The van der Waals surface area contributed by atoms with Crippen molar-refractivity contribution in [3.8, 4) is 0 Å². The van der Waals surface area contributed by atoms with Crippen molar-refractivity contribution in [3.63, 3.8) is 0 Å². The van der Waals surface area contributed by atoms with Gasteiger partial charge in [-0.2, -0.15) is 0 Å². The Hall–Kier alpha value is -0.780. The topological polar surface area (TPSA) is 122 Å². The molecule has 0 saturated carbocycles. The highest BCUT2D eigenvalue weighted by Crippen LogP contribution is 2.50. The molecular weight excluding hydrogens is 366 g/mol. The molecule has 25 heavy (non-hydrogen) atoms. The number of hydrogen-bond acceptors (Lipinski definition) is 7. The van der Waals surface area contributed by atoms with Crippen LogP contribution in [0.15, 0.2) is 47.6 Å². The zero-order chi connectivity index (χ0) is 19.5. The van der Waals surface area contributed by atoms with Gasteiger partial charge in [-0.3, -0.25) is 8.88 Å². The van der Waals surface area contributed by atoms with Crippen LogP contribution in [0.4, 0.5) is 0 Å². The molecule has 0 aliphatic carbocycles. The molecule has 0 aromatic heterocycles. The van der Waals surface area contributed by atoms with Gasteiger partial charge >= 0.3 is 0 Å². The molecule has 0 amide bonds. The molecule has 144 valence electrons. The monoisotopic (exact) mass is 391 g/mol. The molecule has 9 heteroatoms. The number of hydrogen-bond donors (Lipinski definition) is 0. The molecule has 0 saturated heterocycles. The molecule has 0 radical (unpaired) electrons. The Kier molecular flexibility index (Phi) is 11.4. The third-order valence-electron chi connectivity index (χ3n) is 3.06. The second-order valence-corrected chi connectivity index (χ2v) is 8.36. The molecular formula is C16H25O7P2-3. The summed E-state index contributed by atoms with van der Waals surface area (Å²) in [6.45, 7) is 9.35. The van der Waals surface area contributed by atoms with Crippen LogP contribution >= 0.6 is 15.6 Å². The van der Waals surface area contributed by atoms with E-state index in [9.17, 15) is 23.8 Å². The summed E-state index contributed by atoms with van der Waals surface area (Å²) < 4.78 is 29.0. The molecule has 0 fully saturated rings. The number of rotatable bonds is 12. The Balaban J connectivity index is 4.39. The maximum Gasteiger partial charge on any atom is 0.272 e. The third-order valence-corrected chi connectivity index (χ3v) is 5.12. The van der Waals surface area contributed by atoms with Gasteiger partial charge in [0.05, 0.1) is 14.4 Å². The van der Waals surface area contributed by atoms with E-state index in [1.165, 1.54) is 17.2 Å². The van der Waals surface area contributed by atoms with Crippen molar-refractivity contribution in [3.05, 3.63) is 47.6 Å².